The summed E-state index contributed by atoms with van der Waals surface area (Å²) < 4.78 is 8.22. The van der Waals surface area contributed by atoms with Crippen LogP contribution in [0.3, 0.4) is 0 Å². The molecule has 5 aromatic rings. The number of hydrogen-bond acceptors (Lipinski definition) is 4. The van der Waals surface area contributed by atoms with Gasteiger partial charge in [0, 0.05) is 45.0 Å². The quantitative estimate of drug-likeness (QED) is 0.0871. The number of nitrogens with zero attached hydrogens (tertiary/aromatic N) is 1. The number of benzene rings is 4. The molecule has 1 unspecified atom stereocenters. The Morgan fingerprint density at radius 1 is 0.914 bits per heavy atom. The highest BCUT2D eigenvalue weighted by Crippen LogP contribution is 2.48. The first-order chi connectivity index (χ1) is 16.9. The van der Waals surface area contributed by atoms with Crippen LogP contribution in [0.15, 0.2) is 97.1 Å². The Balaban J connectivity index is 1.52. The maximum atomic E-state index is 13.2. The van der Waals surface area contributed by atoms with Crippen LogP contribution >= 0.6 is 10.5 Å². The van der Waals surface area contributed by atoms with Gasteiger partial charge in [0.05, 0.1) is 10.5 Å². The molecule has 0 aliphatic rings. The van der Waals surface area contributed by atoms with Gasteiger partial charge in [-0.15, -0.1) is 6.42 Å². The van der Waals surface area contributed by atoms with Crippen LogP contribution in [0.5, 0.6) is 0 Å². The summed E-state index contributed by atoms with van der Waals surface area (Å²) >= 11 is 0. The molecule has 0 aliphatic carbocycles. The van der Waals surface area contributed by atoms with Gasteiger partial charge in [-0.1, -0.05) is 36.3 Å². The third kappa shape index (κ3) is 3.92. The molecule has 0 saturated carbocycles. The maximum Gasteiger partial charge on any atom is 0.340 e. The first-order valence-electron chi connectivity index (χ1n) is 10.9. The van der Waals surface area contributed by atoms with E-state index in [0.717, 1.165) is 4.90 Å². The van der Waals surface area contributed by atoms with Gasteiger partial charge < -0.3 is 4.74 Å². The monoisotopic (exact) mass is 478 g/mol. The number of nitro benzene ring substituents is 1. The highest BCUT2D eigenvalue weighted by molar-refractivity contribution is 7.50. The number of fused-ring (bicyclic) bond motifs is 3. The minimum absolute atomic E-state index is 0.0646. The summed E-state index contributed by atoms with van der Waals surface area (Å²) in [6, 6.07) is 29.8. The third-order valence-electron chi connectivity index (χ3n) is 6.01. The Morgan fingerprint density at radius 3 is 2.09 bits per heavy atom. The molecule has 35 heavy (non-hydrogen) atoms. The van der Waals surface area contributed by atoms with E-state index in [2.05, 4.69) is 30.2 Å². The van der Waals surface area contributed by atoms with E-state index in [4.69, 9.17) is 11.2 Å². The van der Waals surface area contributed by atoms with Gasteiger partial charge in [-0.2, -0.15) is 0 Å². The van der Waals surface area contributed by atoms with E-state index in [1.165, 1.54) is 44.4 Å². The van der Waals surface area contributed by atoms with Crippen molar-refractivity contribution >= 4 is 42.3 Å². The zero-order valence-corrected chi connectivity index (χ0v) is 19.6. The van der Waals surface area contributed by atoms with Crippen molar-refractivity contribution in [3.05, 3.63) is 118 Å². The van der Waals surface area contributed by atoms with Crippen molar-refractivity contribution < 1.29 is 14.5 Å². The van der Waals surface area contributed by atoms with E-state index in [0.29, 0.717) is 11.1 Å². The van der Waals surface area contributed by atoms with Crippen molar-refractivity contribution in [1.82, 2.24) is 0 Å². The molecule has 0 fully saturated rings. The average molecular weight is 479 g/mol. The van der Waals surface area contributed by atoms with Crippen molar-refractivity contribution in [2.24, 2.45) is 0 Å². The fourth-order valence-electron chi connectivity index (χ4n) is 4.17. The van der Waals surface area contributed by atoms with Crippen LogP contribution in [0.25, 0.3) is 25.1 Å². The van der Waals surface area contributed by atoms with Crippen LogP contribution < -0.4 is 0 Å². The smallest absolute Gasteiger partial charge is 0.340 e. The summed E-state index contributed by atoms with van der Waals surface area (Å²) in [4.78, 5) is 24.7. The lowest BCUT2D eigenvalue weighted by Gasteiger charge is -2.24. The largest absolute Gasteiger partial charge is 0.438 e. The van der Waals surface area contributed by atoms with E-state index < -0.39 is 16.5 Å². The lowest BCUT2D eigenvalue weighted by Crippen LogP contribution is -2.27. The Bertz CT molecular complexity index is 1590. The minimum atomic E-state index is -1.38. The predicted octanol–water partition coefficient (Wildman–Crippen LogP) is 7.34. The van der Waals surface area contributed by atoms with Crippen molar-refractivity contribution in [2.75, 3.05) is 0 Å². The number of ether oxygens (including phenoxy) is 1. The molecule has 6 heteroatoms. The second-order valence-corrected chi connectivity index (χ2v) is 10.2. The molecule has 1 heterocycles. The Morgan fingerprint density at radius 2 is 1.51 bits per heavy atom. The van der Waals surface area contributed by atoms with E-state index >= 15 is 0 Å². The number of nitro groups is 1. The number of carbonyl (C=O) groups is 1. The zero-order chi connectivity index (χ0) is 24.6. The SMILES string of the molecule is C#CC(C)(OC(=O)c1cccc(-[s+]2c3ccccc3c3ccccc32)c1)c1ccc([N+](=O)[O-])cc1. The van der Waals surface area contributed by atoms with Crippen molar-refractivity contribution in [3.63, 3.8) is 0 Å². The van der Waals surface area contributed by atoms with E-state index in [-0.39, 0.29) is 16.2 Å². The molecule has 5 nitrogen and oxygen atoms in total. The number of thiophene rings is 1. The number of non-ortho nitro benzene ring substituents is 1. The summed E-state index contributed by atoms with van der Waals surface area (Å²) in [7, 11) is -0.347. The van der Waals surface area contributed by atoms with E-state index in [9.17, 15) is 14.9 Å². The molecule has 0 aliphatic heterocycles. The second kappa shape index (κ2) is 8.71. The number of hydrogen-bond donors (Lipinski definition) is 0. The van der Waals surface area contributed by atoms with Gasteiger partial charge in [0.15, 0.2) is 19.9 Å². The summed E-state index contributed by atoms with van der Waals surface area (Å²) in [5.41, 5.74) is -0.571. The zero-order valence-electron chi connectivity index (χ0n) is 18.8. The number of terminal acetylenes is 1. The van der Waals surface area contributed by atoms with Crippen LogP contribution in [0.4, 0.5) is 5.69 Å². The lowest BCUT2D eigenvalue weighted by atomic mass is 9.96. The van der Waals surface area contributed by atoms with Crippen molar-refractivity contribution in [2.45, 2.75) is 12.5 Å². The molecule has 0 amide bonds. The van der Waals surface area contributed by atoms with Crippen LogP contribution in [0.1, 0.15) is 22.8 Å². The highest BCUT2D eigenvalue weighted by atomic mass is 32.2. The van der Waals surface area contributed by atoms with Gasteiger partial charge in [-0.25, -0.2) is 4.79 Å². The molecule has 0 N–H and O–H groups in total. The molecule has 170 valence electrons. The van der Waals surface area contributed by atoms with Crippen molar-refractivity contribution in [1.29, 1.82) is 0 Å². The van der Waals surface area contributed by atoms with Crippen LogP contribution in [-0.2, 0) is 10.3 Å². The molecule has 5 rings (SSSR count). The van der Waals surface area contributed by atoms with Gasteiger partial charge in [-0.3, -0.25) is 10.1 Å². The van der Waals surface area contributed by atoms with E-state index in [1.807, 2.05) is 42.5 Å². The van der Waals surface area contributed by atoms with Crippen molar-refractivity contribution in [3.8, 4) is 17.2 Å². The normalized spacial score (nSPS) is 12.7. The van der Waals surface area contributed by atoms with Crippen LogP contribution in [0, 0.1) is 22.5 Å². The first kappa shape index (κ1) is 22.3. The third-order valence-corrected chi connectivity index (χ3v) is 8.33. The maximum absolute atomic E-state index is 13.2. The summed E-state index contributed by atoms with van der Waals surface area (Å²) in [6.45, 7) is 1.60. The predicted molar refractivity (Wildman–Crippen MR) is 140 cm³/mol. The van der Waals surface area contributed by atoms with Gasteiger partial charge in [0.1, 0.15) is 0 Å². The fourth-order valence-corrected chi connectivity index (χ4v) is 6.60. The Kier molecular flexibility index (Phi) is 5.56. The number of rotatable bonds is 5. The summed E-state index contributed by atoms with van der Waals surface area (Å²) in [5.74, 6) is 1.97. The van der Waals surface area contributed by atoms with Gasteiger partial charge >= 0.3 is 5.97 Å². The molecule has 0 spiro atoms. The van der Waals surface area contributed by atoms with Crippen LogP contribution in [-0.4, -0.2) is 10.9 Å². The Labute approximate surface area is 204 Å². The molecule has 0 saturated heterocycles. The first-order valence-corrected chi connectivity index (χ1v) is 12.1. The lowest BCUT2D eigenvalue weighted by molar-refractivity contribution is -0.384. The standard InChI is InChI=1S/C29H20NO4S/c1-3-29(2,21-15-17-22(18-16-21)30(32)33)34-28(31)20-9-8-10-23(19-20)35-26-13-6-4-11-24(26)25-12-5-7-14-27(25)35/h1,4-19H,2H3/q+1. The highest BCUT2D eigenvalue weighted by Gasteiger charge is 2.31. The number of esters is 1. The fraction of sp³-hybridized carbons (Fsp3) is 0.0690. The minimum Gasteiger partial charge on any atom is -0.438 e. The summed E-state index contributed by atoms with van der Waals surface area (Å²) in [5, 5.41) is 13.4. The molecular formula is C29H20NO4S+. The van der Waals surface area contributed by atoms with Gasteiger partial charge in [0.25, 0.3) is 5.69 Å². The molecule has 1 aromatic heterocycles. The molecule has 4 aromatic carbocycles. The Hall–Kier alpha value is -4.47. The van der Waals surface area contributed by atoms with Gasteiger partial charge in [0.2, 0.25) is 0 Å². The average Bonchev–Trinajstić information content (AvgIpc) is 3.23. The second-order valence-electron chi connectivity index (χ2n) is 8.20. The molecule has 0 bridgehead atoms. The summed E-state index contributed by atoms with van der Waals surface area (Å²) in [6.07, 6.45) is 5.74. The van der Waals surface area contributed by atoms with Gasteiger partial charge in [-0.05, 0) is 55.5 Å². The number of carbonyl (C=O) groups excluding carboxylic acids is 1. The van der Waals surface area contributed by atoms with E-state index in [1.54, 1.807) is 13.0 Å². The topological polar surface area (TPSA) is 69.4 Å². The molecular weight excluding hydrogens is 458 g/mol. The molecule has 1 atom stereocenters. The molecule has 0 radical (unpaired) electrons. The van der Waals surface area contributed by atoms with Crippen LogP contribution in [0.2, 0.25) is 0 Å².